The average molecular weight is 489 g/mol. The maximum Gasteiger partial charge on any atom is 0.193 e. The number of hydrogen-bond acceptors (Lipinski definition) is 5. The molecule has 0 aromatic heterocycles. The third-order valence-electron chi connectivity index (χ3n) is 5.31. The first-order valence-corrected chi connectivity index (χ1v) is 9.47. The van der Waals surface area contributed by atoms with Crippen LogP contribution in [0.25, 0.3) is 0 Å². The zero-order valence-electron chi connectivity index (χ0n) is 15.6. The molecule has 1 saturated carbocycles. The van der Waals surface area contributed by atoms with Crippen LogP contribution >= 0.6 is 24.0 Å². The van der Waals surface area contributed by atoms with Gasteiger partial charge < -0.3 is 30.0 Å². The Balaban J connectivity index is 0.00000210. The minimum absolute atomic E-state index is 0. The smallest absolute Gasteiger partial charge is 0.193 e. The Morgan fingerprint density at radius 1 is 1.26 bits per heavy atom. The molecule has 2 aliphatic heterocycles. The molecule has 3 unspecified atom stereocenters. The highest BCUT2D eigenvalue weighted by atomic mass is 127. The first-order chi connectivity index (χ1) is 12.7. The molecule has 3 N–H and O–H groups in total. The van der Waals surface area contributed by atoms with Gasteiger partial charge in [-0.15, -0.1) is 24.0 Å². The lowest BCUT2D eigenvalue weighted by Gasteiger charge is -2.50. The van der Waals surface area contributed by atoms with Gasteiger partial charge in [0.25, 0.3) is 0 Å². The molecule has 0 radical (unpaired) electrons. The van der Waals surface area contributed by atoms with E-state index in [-0.39, 0.29) is 41.7 Å². The van der Waals surface area contributed by atoms with Gasteiger partial charge in [0, 0.05) is 37.8 Å². The largest absolute Gasteiger partial charge is 0.490 e. The van der Waals surface area contributed by atoms with Crippen LogP contribution in [0.2, 0.25) is 0 Å². The lowest BCUT2D eigenvalue weighted by Crippen LogP contribution is -2.63. The van der Waals surface area contributed by atoms with Crippen molar-refractivity contribution in [2.24, 2.45) is 10.7 Å². The minimum atomic E-state index is -0.299. The van der Waals surface area contributed by atoms with E-state index in [4.69, 9.17) is 24.7 Å². The van der Waals surface area contributed by atoms with Crippen LogP contribution in [0.4, 0.5) is 5.69 Å². The van der Waals surface area contributed by atoms with Gasteiger partial charge in [0.1, 0.15) is 5.60 Å². The predicted molar refractivity (Wildman–Crippen MR) is 114 cm³/mol. The van der Waals surface area contributed by atoms with E-state index >= 15 is 0 Å². The van der Waals surface area contributed by atoms with E-state index in [9.17, 15) is 0 Å². The molecule has 0 bridgehead atoms. The van der Waals surface area contributed by atoms with E-state index in [0.29, 0.717) is 25.8 Å². The summed E-state index contributed by atoms with van der Waals surface area (Å²) in [7, 11) is 0. The number of fused-ring (bicyclic) bond motifs is 1. The molecule has 0 amide bonds. The standard InChI is InChI=1S/C19H27N3O4.HI/c1-2-23-17-12-16(19(17)7-3-10-26-19)22-18(20)21-13-5-6-14-15(11-13)25-9-4-8-24-14;/h5-6,11,16-17H,2-4,7-10,12H2,1H3,(H3,20,21,22);1H. The van der Waals surface area contributed by atoms with Crippen LogP contribution in [-0.4, -0.2) is 50.1 Å². The maximum atomic E-state index is 6.16. The minimum Gasteiger partial charge on any atom is -0.490 e. The van der Waals surface area contributed by atoms with Crippen LogP contribution in [0.5, 0.6) is 11.5 Å². The van der Waals surface area contributed by atoms with Crippen molar-refractivity contribution < 1.29 is 18.9 Å². The Morgan fingerprint density at radius 3 is 2.81 bits per heavy atom. The van der Waals surface area contributed by atoms with E-state index < -0.39 is 0 Å². The number of nitrogens with zero attached hydrogens (tertiary/aromatic N) is 1. The fourth-order valence-corrected chi connectivity index (χ4v) is 4.02. The zero-order chi connectivity index (χ0) is 18.0. The van der Waals surface area contributed by atoms with Crippen LogP contribution in [-0.2, 0) is 9.47 Å². The fourth-order valence-electron chi connectivity index (χ4n) is 4.02. The highest BCUT2D eigenvalue weighted by molar-refractivity contribution is 14.0. The van der Waals surface area contributed by atoms with E-state index in [1.165, 1.54) is 0 Å². The number of guanidine groups is 1. The third kappa shape index (κ3) is 4.12. The molecule has 1 aromatic rings. The number of nitrogens with one attached hydrogen (secondary N) is 1. The van der Waals surface area contributed by atoms with Crippen molar-refractivity contribution >= 4 is 35.6 Å². The lowest BCUT2D eigenvalue weighted by molar-refractivity contribution is -0.188. The van der Waals surface area contributed by atoms with Gasteiger partial charge in [-0.05, 0) is 31.9 Å². The summed E-state index contributed by atoms with van der Waals surface area (Å²) >= 11 is 0. The van der Waals surface area contributed by atoms with Crippen LogP contribution in [0.1, 0.15) is 32.6 Å². The highest BCUT2D eigenvalue weighted by Gasteiger charge is 2.59. The number of aliphatic imine (C=N–C) groups is 1. The summed E-state index contributed by atoms with van der Waals surface area (Å²) in [6.45, 7) is 4.80. The number of benzene rings is 1. The number of hydrogen-bond donors (Lipinski definition) is 2. The molecule has 1 aromatic carbocycles. The average Bonchev–Trinajstić information content (AvgIpc) is 3.05. The van der Waals surface area contributed by atoms with Gasteiger partial charge in [-0.25, -0.2) is 4.99 Å². The summed E-state index contributed by atoms with van der Waals surface area (Å²) in [6.07, 6.45) is 3.87. The van der Waals surface area contributed by atoms with E-state index in [1.807, 2.05) is 25.1 Å². The SMILES string of the molecule is CCOC1CC(N=C(N)Nc2ccc3c(c2)OCCCO3)C12CCCO2.I. The van der Waals surface area contributed by atoms with Crippen molar-refractivity contribution in [2.45, 2.75) is 50.4 Å². The number of halogens is 1. The second kappa shape index (κ2) is 8.83. The van der Waals surface area contributed by atoms with Crippen molar-refractivity contribution in [3.63, 3.8) is 0 Å². The molecule has 2 fully saturated rings. The first kappa shape index (κ1) is 20.5. The van der Waals surface area contributed by atoms with Crippen LogP contribution < -0.4 is 20.5 Å². The van der Waals surface area contributed by atoms with Crippen molar-refractivity contribution in [3.8, 4) is 11.5 Å². The summed E-state index contributed by atoms with van der Waals surface area (Å²) in [6, 6.07) is 5.75. The van der Waals surface area contributed by atoms with Crippen LogP contribution in [0.3, 0.4) is 0 Å². The van der Waals surface area contributed by atoms with Crippen molar-refractivity contribution in [1.82, 2.24) is 0 Å². The van der Waals surface area contributed by atoms with Gasteiger partial charge in [0.15, 0.2) is 17.5 Å². The number of anilines is 1. The molecule has 1 spiro atoms. The van der Waals surface area contributed by atoms with Crippen molar-refractivity contribution in [3.05, 3.63) is 18.2 Å². The first-order valence-electron chi connectivity index (χ1n) is 9.47. The Hall–Kier alpha value is -1.26. The zero-order valence-corrected chi connectivity index (χ0v) is 17.9. The molecule has 27 heavy (non-hydrogen) atoms. The summed E-state index contributed by atoms with van der Waals surface area (Å²) in [5.74, 6) is 1.88. The Bertz CT molecular complexity index is 679. The molecular weight excluding hydrogens is 461 g/mol. The lowest BCUT2D eigenvalue weighted by atomic mass is 9.70. The molecule has 1 saturated heterocycles. The molecule has 4 rings (SSSR count). The summed E-state index contributed by atoms with van der Waals surface area (Å²) in [5.41, 5.74) is 6.70. The number of ether oxygens (including phenoxy) is 4. The van der Waals surface area contributed by atoms with Gasteiger partial charge in [0.2, 0.25) is 0 Å². The molecule has 150 valence electrons. The highest BCUT2D eigenvalue weighted by Crippen LogP contribution is 2.47. The summed E-state index contributed by atoms with van der Waals surface area (Å²) < 4.78 is 23.2. The van der Waals surface area contributed by atoms with Gasteiger partial charge in [-0.3, -0.25) is 0 Å². The van der Waals surface area contributed by atoms with Gasteiger partial charge in [0.05, 0.1) is 25.4 Å². The second-order valence-corrected chi connectivity index (χ2v) is 6.95. The molecule has 3 atom stereocenters. The molecule has 1 aliphatic carbocycles. The second-order valence-electron chi connectivity index (χ2n) is 6.95. The van der Waals surface area contributed by atoms with E-state index in [2.05, 4.69) is 10.3 Å². The fraction of sp³-hybridized carbons (Fsp3) is 0.632. The Kier molecular flexibility index (Phi) is 6.69. The van der Waals surface area contributed by atoms with Gasteiger partial charge in [-0.2, -0.15) is 0 Å². The predicted octanol–water partition coefficient (Wildman–Crippen LogP) is 2.92. The topological polar surface area (TPSA) is 87.3 Å². The Labute approximate surface area is 177 Å². The third-order valence-corrected chi connectivity index (χ3v) is 5.31. The summed E-state index contributed by atoms with van der Waals surface area (Å²) in [5, 5.41) is 3.16. The van der Waals surface area contributed by atoms with Crippen LogP contribution in [0.15, 0.2) is 23.2 Å². The van der Waals surface area contributed by atoms with Crippen LogP contribution in [0, 0.1) is 0 Å². The van der Waals surface area contributed by atoms with Gasteiger partial charge >= 0.3 is 0 Å². The van der Waals surface area contributed by atoms with Gasteiger partial charge in [-0.1, -0.05) is 0 Å². The molecular formula is C19H28IN3O4. The van der Waals surface area contributed by atoms with Crippen molar-refractivity contribution in [1.29, 1.82) is 0 Å². The quantitative estimate of drug-likeness (QED) is 0.384. The van der Waals surface area contributed by atoms with E-state index in [1.54, 1.807) is 0 Å². The molecule has 2 heterocycles. The monoisotopic (exact) mass is 489 g/mol. The molecule has 7 nitrogen and oxygen atoms in total. The number of rotatable bonds is 4. The van der Waals surface area contributed by atoms with E-state index in [0.717, 1.165) is 49.5 Å². The normalized spacial score (nSPS) is 29.6. The number of nitrogens with two attached hydrogens (primary N) is 1. The molecule has 8 heteroatoms. The Morgan fingerprint density at radius 2 is 2.07 bits per heavy atom. The van der Waals surface area contributed by atoms with Crippen molar-refractivity contribution in [2.75, 3.05) is 31.7 Å². The molecule has 3 aliphatic rings. The summed E-state index contributed by atoms with van der Waals surface area (Å²) in [4.78, 5) is 4.68. The maximum absolute atomic E-state index is 6.16.